The number of H-pyrrole nitrogens is 1. The molecule has 1 aromatic carbocycles. The van der Waals surface area contributed by atoms with Crippen molar-refractivity contribution in [3.8, 4) is 11.4 Å². The van der Waals surface area contributed by atoms with Gasteiger partial charge in [0.2, 0.25) is 0 Å². The molecule has 15 heavy (non-hydrogen) atoms. The number of hydrogen-bond acceptors (Lipinski definition) is 3. The average molecular weight is 202 g/mol. The molecule has 2 heterocycles. The lowest BCUT2D eigenvalue weighted by Gasteiger charge is -2.04. The molecule has 0 radical (unpaired) electrons. The second-order valence-corrected chi connectivity index (χ2v) is 3.48. The summed E-state index contributed by atoms with van der Waals surface area (Å²) in [6.07, 6.45) is 0. The van der Waals surface area contributed by atoms with E-state index >= 15 is 0 Å². The summed E-state index contributed by atoms with van der Waals surface area (Å²) in [6, 6.07) is 7.85. The number of aromatic amines is 1. The molecule has 0 spiro atoms. The molecule has 0 unspecified atom stereocenters. The van der Waals surface area contributed by atoms with Crippen LogP contribution in [-0.4, -0.2) is 21.3 Å². The molecule has 0 saturated heterocycles. The van der Waals surface area contributed by atoms with Gasteiger partial charge < -0.3 is 5.32 Å². The van der Waals surface area contributed by atoms with Crippen molar-refractivity contribution in [2.75, 3.05) is 11.9 Å². The molecule has 0 amide bonds. The number of para-hydroxylation sites is 1. The van der Waals surface area contributed by atoms with Gasteiger partial charge in [0.05, 0.1) is 0 Å². The quantitative estimate of drug-likeness (QED) is 0.659. The van der Waals surface area contributed by atoms with Crippen molar-refractivity contribution in [3.63, 3.8) is 0 Å². The van der Waals surface area contributed by atoms with Gasteiger partial charge in [-0.25, -0.2) is 9.89 Å². The van der Waals surface area contributed by atoms with E-state index in [0.717, 1.165) is 17.8 Å². The zero-order valence-corrected chi connectivity index (χ0v) is 8.03. The van der Waals surface area contributed by atoms with Gasteiger partial charge >= 0.3 is 5.69 Å². The SMILES string of the molecule is O=c1[nH]nc2n1CCNc1ccccc1-2. The van der Waals surface area contributed by atoms with E-state index < -0.39 is 0 Å². The first-order chi connectivity index (χ1) is 7.36. The number of nitrogens with one attached hydrogen (secondary N) is 2. The molecule has 2 aromatic rings. The van der Waals surface area contributed by atoms with Crippen LogP contribution in [0, 0.1) is 0 Å². The first-order valence-corrected chi connectivity index (χ1v) is 4.85. The number of nitrogens with zero attached hydrogens (tertiary/aromatic N) is 2. The number of hydrogen-bond donors (Lipinski definition) is 2. The smallest absolute Gasteiger partial charge is 0.343 e. The van der Waals surface area contributed by atoms with E-state index in [1.165, 1.54) is 0 Å². The highest BCUT2D eigenvalue weighted by molar-refractivity contribution is 5.74. The Morgan fingerprint density at radius 1 is 1.33 bits per heavy atom. The van der Waals surface area contributed by atoms with Gasteiger partial charge in [-0.05, 0) is 12.1 Å². The van der Waals surface area contributed by atoms with Gasteiger partial charge in [-0.15, -0.1) is 0 Å². The molecule has 1 aliphatic heterocycles. The molecule has 76 valence electrons. The van der Waals surface area contributed by atoms with Gasteiger partial charge in [0.25, 0.3) is 0 Å². The Labute approximate surface area is 85.8 Å². The third kappa shape index (κ3) is 1.16. The molecule has 0 saturated carbocycles. The van der Waals surface area contributed by atoms with Crippen molar-refractivity contribution in [3.05, 3.63) is 34.7 Å². The Balaban J connectivity index is 2.32. The summed E-state index contributed by atoms with van der Waals surface area (Å²) in [5.74, 6) is 0.709. The van der Waals surface area contributed by atoms with Crippen LogP contribution >= 0.6 is 0 Å². The minimum atomic E-state index is -0.150. The lowest BCUT2D eigenvalue weighted by Crippen LogP contribution is -2.20. The average Bonchev–Trinajstić information content (AvgIpc) is 2.53. The molecule has 0 fully saturated rings. The minimum absolute atomic E-state index is 0.150. The molecule has 5 heteroatoms. The normalized spacial score (nSPS) is 13.6. The third-order valence-corrected chi connectivity index (χ3v) is 2.58. The highest BCUT2D eigenvalue weighted by atomic mass is 16.1. The van der Waals surface area contributed by atoms with Crippen LogP contribution in [0.5, 0.6) is 0 Å². The molecule has 1 aromatic heterocycles. The number of aromatic nitrogens is 3. The summed E-state index contributed by atoms with van der Waals surface area (Å²) in [5, 5.41) is 9.79. The maximum Gasteiger partial charge on any atom is 0.343 e. The van der Waals surface area contributed by atoms with Crippen LogP contribution in [0.4, 0.5) is 5.69 Å². The summed E-state index contributed by atoms with van der Waals surface area (Å²) in [6.45, 7) is 1.38. The topological polar surface area (TPSA) is 62.7 Å². The van der Waals surface area contributed by atoms with Crippen LogP contribution in [0.1, 0.15) is 0 Å². The Morgan fingerprint density at radius 2 is 2.20 bits per heavy atom. The molecular weight excluding hydrogens is 192 g/mol. The molecule has 5 nitrogen and oxygen atoms in total. The van der Waals surface area contributed by atoms with Crippen LogP contribution in [0.3, 0.4) is 0 Å². The highest BCUT2D eigenvalue weighted by Gasteiger charge is 2.16. The number of rotatable bonds is 0. The largest absolute Gasteiger partial charge is 0.383 e. The van der Waals surface area contributed by atoms with Crippen molar-refractivity contribution in [2.45, 2.75) is 6.54 Å². The van der Waals surface area contributed by atoms with E-state index in [1.54, 1.807) is 4.57 Å². The van der Waals surface area contributed by atoms with Crippen LogP contribution in [0.2, 0.25) is 0 Å². The molecular formula is C10H10N4O. The maximum atomic E-state index is 11.4. The van der Waals surface area contributed by atoms with Crippen molar-refractivity contribution in [2.24, 2.45) is 0 Å². The predicted molar refractivity (Wildman–Crippen MR) is 56.8 cm³/mol. The van der Waals surface area contributed by atoms with Gasteiger partial charge in [0.15, 0.2) is 5.82 Å². The molecule has 0 aliphatic carbocycles. The van der Waals surface area contributed by atoms with Crippen LogP contribution < -0.4 is 11.0 Å². The van der Waals surface area contributed by atoms with Gasteiger partial charge in [-0.1, -0.05) is 12.1 Å². The fourth-order valence-corrected chi connectivity index (χ4v) is 1.87. The fraction of sp³-hybridized carbons (Fsp3) is 0.200. The van der Waals surface area contributed by atoms with Gasteiger partial charge in [-0.3, -0.25) is 4.57 Å². The first kappa shape index (κ1) is 8.28. The Bertz CT molecular complexity index is 555. The lowest BCUT2D eigenvalue weighted by molar-refractivity contribution is 0.713. The molecule has 2 N–H and O–H groups in total. The number of benzene rings is 1. The summed E-state index contributed by atoms with van der Waals surface area (Å²) >= 11 is 0. The fourth-order valence-electron chi connectivity index (χ4n) is 1.87. The Kier molecular flexibility index (Phi) is 1.65. The van der Waals surface area contributed by atoms with E-state index in [-0.39, 0.29) is 5.69 Å². The van der Waals surface area contributed by atoms with Crippen LogP contribution in [0.15, 0.2) is 29.1 Å². The minimum Gasteiger partial charge on any atom is -0.383 e. The van der Waals surface area contributed by atoms with E-state index in [1.807, 2.05) is 24.3 Å². The second-order valence-electron chi connectivity index (χ2n) is 3.48. The highest BCUT2D eigenvalue weighted by Crippen LogP contribution is 2.26. The summed E-state index contributed by atoms with van der Waals surface area (Å²) in [5.41, 5.74) is 1.84. The van der Waals surface area contributed by atoms with Gasteiger partial charge in [0, 0.05) is 24.3 Å². The third-order valence-electron chi connectivity index (χ3n) is 2.58. The van der Waals surface area contributed by atoms with Crippen molar-refractivity contribution >= 4 is 5.69 Å². The Morgan fingerprint density at radius 3 is 3.13 bits per heavy atom. The van der Waals surface area contributed by atoms with Crippen LogP contribution in [0.25, 0.3) is 11.4 Å². The standard InChI is InChI=1S/C10H10N4O/c15-10-13-12-9-7-3-1-2-4-8(7)11-5-6-14(9)10/h1-4,11H,5-6H2,(H,13,15). The summed E-state index contributed by atoms with van der Waals surface area (Å²) in [4.78, 5) is 11.4. The lowest BCUT2D eigenvalue weighted by atomic mass is 10.1. The second kappa shape index (κ2) is 2.98. The van der Waals surface area contributed by atoms with E-state index in [9.17, 15) is 4.79 Å². The van der Waals surface area contributed by atoms with Crippen LogP contribution in [-0.2, 0) is 6.54 Å². The monoisotopic (exact) mass is 202 g/mol. The summed E-state index contributed by atoms with van der Waals surface area (Å²) in [7, 11) is 0. The summed E-state index contributed by atoms with van der Waals surface area (Å²) < 4.78 is 1.65. The zero-order valence-electron chi connectivity index (χ0n) is 8.03. The molecule has 0 bridgehead atoms. The molecule has 1 aliphatic rings. The molecule has 0 atom stereocenters. The van der Waals surface area contributed by atoms with E-state index in [0.29, 0.717) is 12.4 Å². The number of fused-ring (bicyclic) bond motifs is 3. The van der Waals surface area contributed by atoms with Crippen molar-refractivity contribution in [1.82, 2.24) is 14.8 Å². The zero-order chi connectivity index (χ0) is 10.3. The first-order valence-electron chi connectivity index (χ1n) is 4.85. The Hall–Kier alpha value is -2.04. The van der Waals surface area contributed by atoms with E-state index in [4.69, 9.17) is 0 Å². The van der Waals surface area contributed by atoms with Gasteiger partial charge in [0.1, 0.15) is 0 Å². The molecule has 3 rings (SSSR count). The van der Waals surface area contributed by atoms with Gasteiger partial charge in [-0.2, -0.15) is 5.10 Å². The predicted octanol–water partition coefficient (Wildman–Crippen LogP) is 0.664. The maximum absolute atomic E-state index is 11.4. The van der Waals surface area contributed by atoms with E-state index in [2.05, 4.69) is 15.5 Å². The number of anilines is 1. The van der Waals surface area contributed by atoms with Crippen molar-refractivity contribution < 1.29 is 0 Å². The van der Waals surface area contributed by atoms with Crippen molar-refractivity contribution in [1.29, 1.82) is 0 Å².